The van der Waals surface area contributed by atoms with Gasteiger partial charge < -0.3 is 9.90 Å². The molecular weight excluding hydrogens is 145 g/mol. The number of carbonyl (C=O) groups is 1. The smallest absolute Gasteiger partial charge is 0.0275 e. The minimum Gasteiger partial charge on any atom is -0.554 e. The summed E-state index contributed by atoms with van der Waals surface area (Å²) in [6.45, 7) is 1.71. The summed E-state index contributed by atoms with van der Waals surface area (Å²) in [5.74, 6) is 0. The van der Waals surface area contributed by atoms with Crippen molar-refractivity contribution in [2.45, 2.75) is 18.4 Å². The van der Waals surface area contributed by atoms with Crippen molar-refractivity contribution in [3.05, 3.63) is 0 Å². The Bertz CT molecular complexity index is 28.9. The first-order chi connectivity index (χ1) is 3.33. The molecule has 0 unspecified atom stereocenters. The number of carboxylic acid groups (broad SMARTS) is 1. The van der Waals surface area contributed by atoms with Crippen molar-refractivity contribution in [2.24, 2.45) is 0 Å². The molecule has 0 fully saturated rings. The van der Waals surface area contributed by atoms with Gasteiger partial charge >= 0.3 is 36.7 Å². The van der Waals surface area contributed by atoms with Crippen LogP contribution in [0.15, 0.2) is 0 Å². The molecule has 0 atom stereocenters. The van der Waals surface area contributed by atoms with Crippen LogP contribution in [0.3, 0.4) is 0 Å². The van der Waals surface area contributed by atoms with E-state index in [1.807, 2.05) is 0 Å². The fraction of sp³-hybridized carbons (Fsp3) is 0.750. The van der Waals surface area contributed by atoms with Crippen LogP contribution in [0.4, 0.5) is 0 Å². The summed E-state index contributed by atoms with van der Waals surface area (Å²) < 4.78 is 0. The van der Waals surface area contributed by atoms with Crippen LogP contribution in [0.25, 0.3) is 0 Å². The van der Waals surface area contributed by atoms with E-state index in [0.717, 1.165) is 0 Å². The molecule has 0 rings (SSSR count). The third kappa shape index (κ3) is 85.4. The largest absolute Gasteiger partial charge is 0.554 e. The van der Waals surface area contributed by atoms with Crippen LogP contribution in [-0.4, -0.2) is 6.47 Å². The van der Waals surface area contributed by atoms with Gasteiger partial charge in [0.05, 0.1) is 0 Å². The second kappa shape index (κ2) is 16.5. The summed E-state index contributed by atoms with van der Waals surface area (Å²) in [7, 11) is 0. The summed E-state index contributed by atoms with van der Waals surface area (Å²) in [6.07, 6.45) is 1.38. The van der Waals surface area contributed by atoms with Gasteiger partial charge in [-0.15, -0.1) is 0 Å². The molecule has 0 radical (unpaired) electrons. The van der Waals surface area contributed by atoms with Crippen molar-refractivity contribution in [3.63, 3.8) is 0 Å². The zero-order chi connectivity index (χ0) is 6.12. The summed E-state index contributed by atoms with van der Waals surface area (Å²) in [6, 6.07) is 0. The normalized spacial score (nSPS) is 6.14. The van der Waals surface area contributed by atoms with Crippen molar-refractivity contribution >= 4 is 6.47 Å². The molecule has 0 aromatic carbocycles. The molecule has 0 aliphatic carbocycles. The molecule has 0 heterocycles. The van der Waals surface area contributed by atoms with E-state index in [9.17, 15) is 0 Å². The number of hydrogen-bond acceptors (Lipinski definition) is 2. The van der Waals surface area contributed by atoms with Gasteiger partial charge in [-0.3, -0.25) is 0 Å². The zero-order valence-corrected chi connectivity index (χ0v) is 7.48. The van der Waals surface area contributed by atoms with Gasteiger partial charge in [-0.05, 0) is 0 Å². The molecular formula is C4H8O2Zn. The summed E-state index contributed by atoms with van der Waals surface area (Å²) >= 11 is 1.47. The maximum atomic E-state index is 8.25. The Kier molecular flexibility index (Phi) is 24.0. The Balaban J connectivity index is 0. The van der Waals surface area contributed by atoms with Gasteiger partial charge in [0.25, 0.3) is 0 Å². The molecule has 0 aromatic heterocycles. The molecule has 0 aromatic rings. The van der Waals surface area contributed by atoms with Crippen LogP contribution in [0.1, 0.15) is 13.3 Å². The Morgan fingerprint density at radius 2 is 2.00 bits per heavy atom. The quantitative estimate of drug-likeness (QED) is 0.384. The van der Waals surface area contributed by atoms with Crippen molar-refractivity contribution in [1.82, 2.24) is 0 Å². The van der Waals surface area contributed by atoms with E-state index in [4.69, 9.17) is 9.90 Å². The van der Waals surface area contributed by atoms with E-state index in [-0.39, 0.29) is 0 Å². The monoisotopic (exact) mass is 152 g/mol. The summed E-state index contributed by atoms with van der Waals surface area (Å²) in [4.78, 5) is 8.25. The van der Waals surface area contributed by atoms with Crippen LogP contribution in [0, 0.1) is 0 Å². The van der Waals surface area contributed by atoms with Crippen LogP contribution in [0.5, 0.6) is 0 Å². The van der Waals surface area contributed by atoms with E-state index >= 15 is 0 Å². The van der Waals surface area contributed by atoms with Crippen molar-refractivity contribution in [1.29, 1.82) is 0 Å². The molecule has 0 bridgehead atoms. The maximum Gasteiger partial charge on any atom is 0.0275 e. The average molecular weight is 153 g/mol. The van der Waals surface area contributed by atoms with E-state index in [2.05, 4.69) is 6.92 Å². The third-order valence-electron chi connectivity index (χ3n) is 0.354. The predicted octanol–water partition coefficient (Wildman–Crippen LogP) is -0.272. The number of hydrogen-bond donors (Lipinski definition) is 0. The molecule has 0 saturated carbocycles. The van der Waals surface area contributed by atoms with E-state index in [1.165, 1.54) is 29.7 Å². The van der Waals surface area contributed by atoms with Crippen LogP contribution < -0.4 is 5.11 Å². The molecule has 0 spiro atoms. The fourth-order valence-electron chi connectivity index (χ4n) is 0. The zero-order valence-electron chi connectivity index (χ0n) is 4.52. The Morgan fingerprint density at radius 3 is 2.00 bits per heavy atom. The van der Waals surface area contributed by atoms with Crippen molar-refractivity contribution in [3.8, 4) is 0 Å². The topological polar surface area (TPSA) is 40.1 Å². The average Bonchev–Trinajstić information content (AvgIpc) is 1.69. The third-order valence-corrected chi connectivity index (χ3v) is 1.84. The van der Waals surface area contributed by atoms with Crippen LogP contribution >= 0.6 is 0 Å². The molecule has 2 nitrogen and oxygen atoms in total. The van der Waals surface area contributed by atoms with Crippen LogP contribution in [0.2, 0.25) is 5.02 Å². The van der Waals surface area contributed by atoms with Gasteiger partial charge in [0, 0.05) is 6.47 Å². The number of rotatable bonds is 1. The maximum absolute atomic E-state index is 8.25. The molecule has 0 amide bonds. The second-order valence-electron chi connectivity index (χ2n) is 0.950. The molecule has 0 aliphatic heterocycles. The fourth-order valence-corrected chi connectivity index (χ4v) is 0. The van der Waals surface area contributed by atoms with Gasteiger partial charge in [0.1, 0.15) is 0 Å². The molecule has 3 heteroatoms. The second-order valence-corrected chi connectivity index (χ2v) is 2.43. The number of carbonyl (C=O) groups excluding carboxylic acids is 1. The van der Waals surface area contributed by atoms with Crippen molar-refractivity contribution < 1.29 is 28.2 Å². The minimum atomic E-state index is -0.500. The van der Waals surface area contributed by atoms with E-state index < -0.39 is 6.47 Å². The Hall–Kier alpha value is 0.0934. The van der Waals surface area contributed by atoms with E-state index in [0.29, 0.717) is 0 Å². The molecule has 0 aliphatic rings. The van der Waals surface area contributed by atoms with Gasteiger partial charge in [-0.25, -0.2) is 0 Å². The first-order valence-electron chi connectivity index (χ1n) is 2.18. The Labute approximate surface area is 53.6 Å². The summed E-state index contributed by atoms with van der Waals surface area (Å²) in [5.41, 5.74) is 0. The molecule has 0 saturated heterocycles. The molecule has 0 N–H and O–H groups in total. The minimum absolute atomic E-state index is 0.500. The standard InChI is InChI=1S/C3H7.CH2O2.Zn/c1-3-2;2-1-3;/h1,3H2,2H3;1H,(H,2,3);/q;;+1/p-1. The SMILES string of the molecule is CC[CH2][Zn+].O=C[O-]. The summed E-state index contributed by atoms with van der Waals surface area (Å²) in [5, 5.41) is 9.69. The van der Waals surface area contributed by atoms with Gasteiger partial charge in [-0.1, -0.05) is 0 Å². The molecule has 38 valence electrons. The first-order valence-corrected chi connectivity index (χ1v) is 4.28. The van der Waals surface area contributed by atoms with E-state index in [1.54, 1.807) is 0 Å². The van der Waals surface area contributed by atoms with Crippen LogP contribution in [-0.2, 0) is 23.1 Å². The molecule has 7 heavy (non-hydrogen) atoms. The predicted molar refractivity (Wildman–Crippen MR) is 21.2 cm³/mol. The van der Waals surface area contributed by atoms with Gasteiger partial charge in [0.15, 0.2) is 0 Å². The first kappa shape index (κ1) is 10.2. The Morgan fingerprint density at radius 1 is 1.86 bits per heavy atom. The van der Waals surface area contributed by atoms with Gasteiger partial charge in [0.2, 0.25) is 0 Å². The van der Waals surface area contributed by atoms with Gasteiger partial charge in [-0.2, -0.15) is 0 Å². The van der Waals surface area contributed by atoms with Crippen molar-refractivity contribution in [2.75, 3.05) is 0 Å².